The number of amides is 1. The lowest BCUT2D eigenvalue weighted by atomic mass is 10.1. The highest BCUT2D eigenvalue weighted by Gasteiger charge is 2.13. The van der Waals surface area contributed by atoms with Gasteiger partial charge in [0.05, 0.1) is 11.1 Å². The summed E-state index contributed by atoms with van der Waals surface area (Å²) in [5.74, 6) is -0.633. The number of ether oxygens (including phenoxy) is 2. The molecule has 0 saturated heterocycles. The standard InChI is InChI=1S/C26H23NO5/c1-4-18-6-8-19(9-7-18)25(29)31-22-14-15-23(17(3)16-22)32-26(30)20-10-12-21(13-11-20)27-24(28)5-2/h5-16H,2,4H2,1,3H3,(H,27,28). The van der Waals surface area contributed by atoms with E-state index in [1.165, 1.54) is 0 Å². The van der Waals surface area contributed by atoms with Crippen molar-refractivity contribution in [1.29, 1.82) is 0 Å². The van der Waals surface area contributed by atoms with Crippen LogP contribution in [0.4, 0.5) is 5.69 Å². The summed E-state index contributed by atoms with van der Waals surface area (Å²) in [7, 11) is 0. The molecule has 0 aromatic heterocycles. The van der Waals surface area contributed by atoms with Gasteiger partial charge in [0.15, 0.2) is 0 Å². The average molecular weight is 429 g/mol. The van der Waals surface area contributed by atoms with E-state index in [-0.39, 0.29) is 5.91 Å². The van der Waals surface area contributed by atoms with Gasteiger partial charge in [0, 0.05) is 5.69 Å². The lowest BCUT2D eigenvalue weighted by molar-refractivity contribution is -0.111. The number of esters is 2. The summed E-state index contributed by atoms with van der Waals surface area (Å²) in [5, 5.41) is 2.61. The number of anilines is 1. The first-order valence-corrected chi connectivity index (χ1v) is 10.1. The monoisotopic (exact) mass is 429 g/mol. The Labute approximate surface area is 186 Å². The first-order chi connectivity index (χ1) is 15.4. The zero-order chi connectivity index (χ0) is 23.1. The molecule has 3 rings (SSSR count). The van der Waals surface area contributed by atoms with Crippen molar-refractivity contribution in [3.63, 3.8) is 0 Å². The Kier molecular flexibility index (Phi) is 7.18. The van der Waals surface area contributed by atoms with Crippen molar-refractivity contribution in [2.45, 2.75) is 20.3 Å². The largest absolute Gasteiger partial charge is 0.423 e. The van der Waals surface area contributed by atoms with E-state index in [2.05, 4.69) is 11.9 Å². The van der Waals surface area contributed by atoms with Gasteiger partial charge < -0.3 is 14.8 Å². The molecule has 1 amide bonds. The van der Waals surface area contributed by atoms with Gasteiger partial charge in [0.1, 0.15) is 11.5 Å². The van der Waals surface area contributed by atoms with Crippen molar-refractivity contribution in [1.82, 2.24) is 0 Å². The molecule has 1 N–H and O–H groups in total. The van der Waals surface area contributed by atoms with E-state index in [0.717, 1.165) is 18.1 Å². The molecular formula is C26H23NO5. The van der Waals surface area contributed by atoms with Crippen molar-refractivity contribution in [2.75, 3.05) is 5.32 Å². The smallest absolute Gasteiger partial charge is 0.343 e. The Hall–Kier alpha value is -4.19. The third-order valence-corrected chi connectivity index (χ3v) is 4.73. The second-order valence-corrected chi connectivity index (χ2v) is 7.03. The molecule has 162 valence electrons. The molecule has 0 spiro atoms. The summed E-state index contributed by atoms with van der Waals surface area (Å²) in [4.78, 5) is 36.1. The van der Waals surface area contributed by atoms with Crippen LogP contribution in [0.2, 0.25) is 0 Å². The van der Waals surface area contributed by atoms with E-state index in [1.807, 2.05) is 19.1 Å². The molecule has 0 unspecified atom stereocenters. The van der Waals surface area contributed by atoms with Gasteiger partial charge in [-0.2, -0.15) is 0 Å². The second-order valence-electron chi connectivity index (χ2n) is 7.03. The summed E-state index contributed by atoms with van der Waals surface area (Å²) in [6.45, 7) is 7.19. The average Bonchev–Trinajstić information content (AvgIpc) is 2.81. The minimum Gasteiger partial charge on any atom is -0.423 e. The number of hydrogen-bond donors (Lipinski definition) is 1. The molecule has 0 aliphatic carbocycles. The fraction of sp³-hybridized carbons (Fsp3) is 0.115. The lowest BCUT2D eigenvalue weighted by Crippen LogP contribution is -2.11. The van der Waals surface area contributed by atoms with Gasteiger partial charge in [-0.25, -0.2) is 9.59 Å². The Morgan fingerprint density at radius 3 is 2.03 bits per heavy atom. The van der Waals surface area contributed by atoms with Gasteiger partial charge in [0.25, 0.3) is 0 Å². The molecule has 6 heteroatoms. The Bertz CT molecular complexity index is 1150. The van der Waals surface area contributed by atoms with Crippen LogP contribution in [0.1, 0.15) is 38.8 Å². The van der Waals surface area contributed by atoms with E-state index in [0.29, 0.717) is 33.9 Å². The van der Waals surface area contributed by atoms with Crippen molar-refractivity contribution in [2.24, 2.45) is 0 Å². The lowest BCUT2D eigenvalue weighted by Gasteiger charge is -2.10. The van der Waals surface area contributed by atoms with Crippen molar-refractivity contribution in [3.8, 4) is 11.5 Å². The quantitative estimate of drug-likeness (QED) is 0.320. The summed E-state index contributed by atoms with van der Waals surface area (Å²) in [6, 6.07) is 18.3. The molecule has 3 aromatic rings. The van der Waals surface area contributed by atoms with Gasteiger partial charge in [0.2, 0.25) is 5.91 Å². The number of hydrogen-bond acceptors (Lipinski definition) is 5. The second kappa shape index (κ2) is 10.2. The molecule has 3 aromatic carbocycles. The highest BCUT2D eigenvalue weighted by molar-refractivity contribution is 5.99. The Balaban J connectivity index is 1.64. The fourth-order valence-corrected chi connectivity index (χ4v) is 2.88. The predicted molar refractivity (Wildman–Crippen MR) is 122 cm³/mol. The molecule has 0 fully saturated rings. The number of benzene rings is 3. The zero-order valence-corrected chi connectivity index (χ0v) is 17.9. The normalized spacial score (nSPS) is 10.2. The molecule has 0 aliphatic heterocycles. The van der Waals surface area contributed by atoms with Gasteiger partial charge >= 0.3 is 11.9 Å². The number of carbonyl (C=O) groups is 3. The zero-order valence-electron chi connectivity index (χ0n) is 17.9. The van der Waals surface area contributed by atoms with Crippen molar-refractivity contribution >= 4 is 23.5 Å². The highest BCUT2D eigenvalue weighted by Crippen LogP contribution is 2.25. The predicted octanol–water partition coefficient (Wildman–Crippen LogP) is 5.12. The molecule has 0 bridgehead atoms. The van der Waals surface area contributed by atoms with E-state index < -0.39 is 11.9 Å². The molecule has 0 aliphatic rings. The van der Waals surface area contributed by atoms with Crippen LogP contribution < -0.4 is 14.8 Å². The maximum atomic E-state index is 12.4. The van der Waals surface area contributed by atoms with Crippen LogP contribution in [0.5, 0.6) is 11.5 Å². The van der Waals surface area contributed by atoms with Crippen LogP contribution in [0.3, 0.4) is 0 Å². The van der Waals surface area contributed by atoms with Gasteiger partial charge in [-0.15, -0.1) is 0 Å². The molecule has 0 radical (unpaired) electrons. The van der Waals surface area contributed by atoms with Crippen LogP contribution in [0.25, 0.3) is 0 Å². The number of aryl methyl sites for hydroxylation is 2. The first kappa shape index (κ1) is 22.5. The van der Waals surface area contributed by atoms with Crippen molar-refractivity contribution < 1.29 is 23.9 Å². The SMILES string of the molecule is C=CC(=O)Nc1ccc(C(=O)Oc2ccc(OC(=O)c3ccc(CC)cc3)cc2C)cc1. The highest BCUT2D eigenvalue weighted by atomic mass is 16.5. The Morgan fingerprint density at radius 2 is 1.47 bits per heavy atom. The molecule has 32 heavy (non-hydrogen) atoms. The van der Waals surface area contributed by atoms with Gasteiger partial charge in [-0.1, -0.05) is 25.6 Å². The summed E-state index contributed by atoms with van der Waals surface area (Å²) < 4.78 is 10.9. The van der Waals surface area contributed by atoms with Crippen LogP contribution in [-0.4, -0.2) is 17.8 Å². The van der Waals surface area contributed by atoms with E-state index in [1.54, 1.807) is 61.5 Å². The third kappa shape index (κ3) is 5.70. The number of carbonyl (C=O) groups excluding carboxylic acids is 3. The number of nitrogens with one attached hydrogen (secondary N) is 1. The molecule has 0 heterocycles. The maximum Gasteiger partial charge on any atom is 0.343 e. The summed E-state index contributed by atoms with van der Waals surface area (Å²) in [6.07, 6.45) is 2.05. The van der Waals surface area contributed by atoms with Crippen molar-refractivity contribution in [3.05, 3.63) is 102 Å². The van der Waals surface area contributed by atoms with E-state index in [9.17, 15) is 14.4 Å². The van der Waals surface area contributed by atoms with Crippen LogP contribution in [0, 0.1) is 6.92 Å². The topological polar surface area (TPSA) is 81.7 Å². The third-order valence-electron chi connectivity index (χ3n) is 4.73. The number of rotatable bonds is 7. The molecular weight excluding hydrogens is 406 g/mol. The minimum absolute atomic E-state index is 0.326. The molecule has 0 saturated carbocycles. The minimum atomic E-state index is -0.546. The van der Waals surface area contributed by atoms with Crippen LogP contribution in [0.15, 0.2) is 79.4 Å². The maximum absolute atomic E-state index is 12.4. The first-order valence-electron chi connectivity index (χ1n) is 10.1. The molecule has 6 nitrogen and oxygen atoms in total. The van der Waals surface area contributed by atoms with E-state index in [4.69, 9.17) is 9.47 Å². The van der Waals surface area contributed by atoms with Crippen LogP contribution in [-0.2, 0) is 11.2 Å². The fourth-order valence-electron chi connectivity index (χ4n) is 2.88. The molecule has 0 atom stereocenters. The van der Waals surface area contributed by atoms with E-state index >= 15 is 0 Å². The van der Waals surface area contributed by atoms with Gasteiger partial charge in [-0.3, -0.25) is 4.79 Å². The Morgan fingerprint density at radius 1 is 0.875 bits per heavy atom. The van der Waals surface area contributed by atoms with Crippen LogP contribution >= 0.6 is 0 Å². The van der Waals surface area contributed by atoms with Gasteiger partial charge in [-0.05, 0) is 85.1 Å². The summed E-state index contributed by atoms with van der Waals surface area (Å²) >= 11 is 0. The summed E-state index contributed by atoms with van der Waals surface area (Å²) in [5.41, 5.74) is 3.10.